The van der Waals surface area contributed by atoms with Gasteiger partial charge in [-0.05, 0) is 56.2 Å². The fourth-order valence-corrected chi connectivity index (χ4v) is 3.37. The third kappa shape index (κ3) is 5.95. The summed E-state index contributed by atoms with van der Waals surface area (Å²) in [6, 6.07) is 18.0. The first-order valence-corrected chi connectivity index (χ1v) is 10.8. The third-order valence-corrected chi connectivity index (χ3v) is 5.56. The Morgan fingerprint density at radius 3 is 2.59 bits per heavy atom. The van der Waals surface area contributed by atoms with Crippen molar-refractivity contribution in [1.82, 2.24) is 10.3 Å². The second-order valence-corrected chi connectivity index (χ2v) is 7.95. The van der Waals surface area contributed by atoms with Crippen molar-refractivity contribution in [3.05, 3.63) is 83.2 Å². The van der Waals surface area contributed by atoms with E-state index in [9.17, 15) is 24.3 Å². The van der Waals surface area contributed by atoms with E-state index in [2.05, 4.69) is 21.7 Å². The molecule has 1 unspecified atom stereocenters. The zero-order valence-electron chi connectivity index (χ0n) is 18.9. The van der Waals surface area contributed by atoms with Crippen molar-refractivity contribution < 1.29 is 19.1 Å². The quantitative estimate of drug-likeness (QED) is 0.440. The van der Waals surface area contributed by atoms with Gasteiger partial charge >= 0.3 is 5.97 Å². The number of carbonyl (C=O) groups is 2. The number of anilines is 1. The number of aliphatic carboxylic acids is 1. The Balaban J connectivity index is 1.90. The number of carbonyl (C=O) groups excluding carboxylic acids is 1. The molecule has 0 fully saturated rings. The Labute approximate surface area is 197 Å². The second kappa shape index (κ2) is 11.1. The van der Waals surface area contributed by atoms with Gasteiger partial charge in [-0.2, -0.15) is 5.26 Å². The smallest absolute Gasteiger partial charge is 0.308 e. The van der Waals surface area contributed by atoms with Gasteiger partial charge in [-0.25, -0.2) is 9.37 Å². The van der Waals surface area contributed by atoms with E-state index < -0.39 is 23.8 Å². The molecule has 0 aliphatic heterocycles. The molecule has 3 N–H and O–H groups in total. The number of hydrogen-bond acceptors (Lipinski definition) is 5. The standard InChI is InChI=1S/C26H25FN4O3/c1-16(26(33)34)17(2)30-25(32)22-10-11-23(21-9-4-3-7-19(21)15-28)31-24(22)29-13-12-18-6-5-8-20(27)14-18/h3-11,14,16-17H,12-13H2,1-2H3,(H,29,31)(H,30,32)(H,33,34)/t16-,17?/m1/s1. The average Bonchev–Trinajstić information content (AvgIpc) is 2.83. The van der Waals surface area contributed by atoms with Crippen LogP contribution in [0.15, 0.2) is 60.7 Å². The van der Waals surface area contributed by atoms with Crippen LogP contribution in [-0.2, 0) is 11.2 Å². The topological polar surface area (TPSA) is 115 Å². The fourth-order valence-electron chi connectivity index (χ4n) is 3.37. The number of carboxylic acid groups (broad SMARTS) is 1. The zero-order chi connectivity index (χ0) is 24.7. The van der Waals surface area contributed by atoms with Crippen LogP contribution in [0.1, 0.15) is 35.3 Å². The monoisotopic (exact) mass is 460 g/mol. The first kappa shape index (κ1) is 24.4. The maximum atomic E-state index is 13.5. The van der Waals surface area contributed by atoms with E-state index in [1.54, 1.807) is 55.5 Å². The zero-order valence-corrected chi connectivity index (χ0v) is 18.9. The van der Waals surface area contributed by atoms with Gasteiger partial charge in [-0.15, -0.1) is 0 Å². The van der Waals surface area contributed by atoms with Gasteiger partial charge in [0.25, 0.3) is 5.91 Å². The number of carboxylic acids is 1. The van der Waals surface area contributed by atoms with Crippen LogP contribution >= 0.6 is 0 Å². The van der Waals surface area contributed by atoms with E-state index in [4.69, 9.17) is 0 Å². The van der Waals surface area contributed by atoms with Gasteiger partial charge < -0.3 is 15.7 Å². The molecular weight excluding hydrogens is 435 g/mol. The number of amides is 1. The lowest BCUT2D eigenvalue weighted by atomic mass is 10.0. The van der Waals surface area contributed by atoms with E-state index in [1.807, 2.05) is 0 Å². The number of aromatic nitrogens is 1. The van der Waals surface area contributed by atoms with Crippen molar-refractivity contribution in [3.8, 4) is 17.3 Å². The molecule has 1 heterocycles. The summed E-state index contributed by atoms with van der Waals surface area (Å²) in [6.45, 7) is 3.52. The first-order chi connectivity index (χ1) is 16.3. The van der Waals surface area contributed by atoms with E-state index in [1.165, 1.54) is 19.1 Å². The number of nitrogens with one attached hydrogen (secondary N) is 2. The largest absolute Gasteiger partial charge is 0.481 e. The molecule has 3 aromatic rings. The minimum absolute atomic E-state index is 0.238. The molecular formula is C26H25FN4O3. The summed E-state index contributed by atoms with van der Waals surface area (Å²) in [4.78, 5) is 28.8. The van der Waals surface area contributed by atoms with Crippen LogP contribution in [-0.4, -0.2) is 34.6 Å². The van der Waals surface area contributed by atoms with Crippen LogP contribution in [0.3, 0.4) is 0 Å². The maximum absolute atomic E-state index is 13.5. The lowest BCUT2D eigenvalue weighted by Gasteiger charge is -2.19. The van der Waals surface area contributed by atoms with Gasteiger partial charge in [0.1, 0.15) is 11.6 Å². The number of benzene rings is 2. The van der Waals surface area contributed by atoms with Gasteiger partial charge in [0.05, 0.1) is 28.8 Å². The highest BCUT2D eigenvalue weighted by molar-refractivity contribution is 5.99. The molecule has 0 spiro atoms. The number of hydrogen-bond donors (Lipinski definition) is 3. The van der Waals surface area contributed by atoms with Crippen LogP contribution in [0.25, 0.3) is 11.3 Å². The third-order valence-electron chi connectivity index (χ3n) is 5.56. The van der Waals surface area contributed by atoms with Gasteiger partial charge in [0.15, 0.2) is 0 Å². The highest BCUT2D eigenvalue weighted by Gasteiger charge is 2.23. The Bertz CT molecular complexity index is 1240. The summed E-state index contributed by atoms with van der Waals surface area (Å²) in [6.07, 6.45) is 0.492. The van der Waals surface area contributed by atoms with Crippen LogP contribution in [0.2, 0.25) is 0 Å². The number of nitriles is 1. The lowest BCUT2D eigenvalue weighted by Crippen LogP contribution is -2.40. The van der Waals surface area contributed by atoms with Gasteiger partial charge in [-0.3, -0.25) is 9.59 Å². The molecule has 34 heavy (non-hydrogen) atoms. The number of rotatable bonds is 9. The van der Waals surface area contributed by atoms with Crippen molar-refractivity contribution in [3.63, 3.8) is 0 Å². The number of nitrogens with zero attached hydrogens (tertiary/aromatic N) is 2. The molecule has 0 saturated heterocycles. The maximum Gasteiger partial charge on any atom is 0.308 e. The fraction of sp³-hybridized carbons (Fsp3) is 0.231. The Hall–Kier alpha value is -4.25. The minimum Gasteiger partial charge on any atom is -0.481 e. The van der Waals surface area contributed by atoms with Crippen molar-refractivity contribution >= 4 is 17.7 Å². The normalized spacial score (nSPS) is 12.3. The van der Waals surface area contributed by atoms with Gasteiger partial charge in [-0.1, -0.05) is 30.3 Å². The summed E-state index contributed by atoms with van der Waals surface area (Å²) in [5.41, 5.74) is 2.60. The molecule has 1 amide bonds. The molecule has 8 heteroatoms. The SMILES string of the molecule is CC(NC(=O)c1ccc(-c2ccccc2C#N)nc1NCCc1cccc(F)c1)[C@@H](C)C(=O)O. The number of pyridine rings is 1. The van der Waals surface area contributed by atoms with Crippen molar-refractivity contribution in [2.24, 2.45) is 5.92 Å². The summed E-state index contributed by atoms with van der Waals surface area (Å²) in [5, 5.41) is 24.5. The molecule has 0 aliphatic carbocycles. The minimum atomic E-state index is -1.01. The van der Waals surface area contributed by atoms with E-state index in [0.29, 0.717) is 29.8 Å². The van der Waals surface area contributed by atoms with Crippen LogP contribution < -0.4 is 10.6 Å². The second-order valence-electron chi connectivity index (χ2n) is 7.95. The first-order valence-electron chi connectivity index (χ1n) is 10.8. The predicted octanol–water partition coefficient (Wildman–Crippen LogP) is 4.25. The van der Waals surface area contributed by atoms with Gasteiger partial charge in [0, 0.05) is 18.2 Å². The molecule has 0 radical (unpaired) electrons. The van der Waals surface area contributed by atoms with Crippen molar-refractivity contribution in [2.75, 3.05) is 11.9 Å². The van der Waals surface area contributed by atoms with Crippen molar-refractivity contribution in [1.29, 1.82) is 5.26 Å². The van der Waals surface area contributed by atoms with Crippen LogP contribution in [0, 0.1) is 23.1 Å². The Morgan fingerprint density at radius 2 is 1.88 bits per heavy atom. The molecule has 7 nitrogen and oxygen atoms in total. The summed E-state index contributed by atoms with van der Waals surface area (Å²) < 4.78 is 13.5. The van der Waals surface area contributed by atoms with Gasteiger partial charge in [0.2, 0.25) is 0 Å². The molecule has 0 aliphatic rings. The summed E-state index contributed by atoms with van der Waals surface area (Å²) in [7, 11) is 0. The summed E-state index contributed by atoms with van der Waals surface area (Å²) in [5.74, 6) is -2.30. The van der Waals surface area contributed by atoms with Crippen LogP contribution in [0.4, 0.5) is 10.2 Å². The van der Waals surface area contributed by atoms with Crippen molar-refractivity contribution in [2.45, 2.75) is 26.3 Å². The molecule has 174 valence electrons. The molecule has 3 rings (SSSR count). The molecule has 0 bridgehead atoms. The molecule has 0 saturated carbocycles. The Kier molecular flexibility index (Phi) is 7.93. The van der Waals surface area contributed by atoms with Crippen LogP contribution in [0.5, 0.6) is 0 Å². The van der Waals surface area contributed by atoms with E-state index >= 15 is 0 Å². The molecule has 1 aromatic heterocycles. The predicted molar refractivity (Wildman–Crippen MR) is 127 cm³/mol. The molecule has 2 aromatic carbocycles. The summed E-state index contributed by atoms with van der Waals surface area (Å²) >= 11 is 0. The lowest BCUT2D eigenvalue weighted by molar-refractivity contribution is -0.141. The molecule has 2 atom stereocenters. The highest BCUT2D eigenvalue weighted by Crippen LogP contribution is 2.25. The average molecular weight is 461 g/mol. The number of halogens is 1. The highest BCUT2D eigenvalue weighted by atomic mass is 19.1. The van der Waals surface area contributed by atoms with E-state index in [0.717, 1.165) is 5.56 Å². The van der Waals surface area contributed by atoms with E-state index in [-0.39, 0.29) is 17.2 Å². The Morgan fingerprint density at radius 1 is 1.12 bits per heavy atom.